The molecule has 0 saturated carbocycles. The molecule has 0 aliphatic rings. The van der Waals surface area contributed by atoms with Crippen LogP contribution in [0.4, 0.5) is 123 Å². The molecule has 0 fully saturated rings. The van der Waals surface area contributed by atoms with Gasteiger partial charge in [0.15, 0.2) is 79.1 Å². The molecule has 0 aliphatic carbocycles. The van der Waals surface area contributed by atoms with Crippen LogP contribution in [0.2, 0.25) is 0 Å². The van der Waals surface area contributed by atoms with E-state index < -0.39 is 168 Å². The molecular weight excluding hydrogens is 1260 g/mol. The zero-order valence-corrected chi connectivity index (χ0v) is 39.4. The second-order valence-corrected chi connectivity index (χ2v) is 18.3. The highest BCUT2D eigenvalue weighted by molar-refractivity contribution is 7.20. The lowest BCUT2D eigenvalue weighted by Crippen LogP contribution is -3.61. The molecule has 0 bridgehead atoms. The van der Waals surface area contributed by atoms with Crippen molar-refractivity contribution < 1.29 is 158 Å². The molecule has 6 rings (SSSR count). The van der Waals surface area contributed by atoms with Crippen LogP contribution in [0.25, 0.3) is 0 Å². The molecule has 33 heteroatoms. The number of benzene rings is 6. The maximum Gasteiger partial charge on any atom is 0.416 e. The van der Waals surface area contributed by atoms with E-state index in [1.165, 1.54) is 7.14 Å². The van der Waals surface area contributed by atoms with Crippen molar-refractivity contribution in [3.8, 4) is 5.75 Å². The molecule has 0 saturated heterocycles. The summed E-state index contributed by atoms with van der Waals surface area (Å²) in [6.07, 6.45) is -39.5. The Kier molecular flexibility index (Phi) is 18.7. The van der Waals surface area contributed by atoms with Crippen LogP contribution >= 0.6 is 0 Å². The first kappa shape index (κ1) is 62.7. The van der Waals surface area contributed by atoms with Crippen LogP contribution in [-0.4, -0.2) is 39.7 Å². The third kappa shape index (κ3) is 11.6. The minimum atomic E-state index is -8.89. The maximum absolute atomic E-state index is 16.0. The summed E-state index contributed by atoms with van der Waals surface area (Å²) in [6, 6.07) is 18.8. The predicted octanol–water partition coefficient (Wildman–Crippen LogP) is 9.22. The van der Waals surface area contributed by atoms with Crippen molar-refractivity contribution in [1.82, 2.24) is 0 Å². The van der Waals surface area contributed by atoms with Gasteiger partial charge in [0, 0.05) is 7.11 Å². The van der Waals surface area contributed by atoms with Gasteiger partial charge in [0.25, 0.3) is 0 Å². The van der Waals surface area contributed by atoms with Crippen LogP contribution in [0, 0.1) is 100 Å². The molecule has 0 unspecified atom stereocenters. The van der Waals surface area contributed by atoms with Crippen molar-refractivity contribution in [2.24, 2.45) is 0 Å². The predicted molar refractivity (Wildman–Crippen MR) is 208 cm³/mol. The molecule has 0 radical (unpaired) electrons. The van der Waals surface area contributed by atoms with Crippen LogP contribution < -0.4 is 47.8 Å². The number of methoxy groups -OCH3 is 1. The summed E-state index contributed by atoms with van der Waals surface area (Å²) < 4.78 is 436. The van der Waals surface area contributed by atoms with Gasteiger partial charge in [-0.2, -0.15) is 52.7 Å². The number of ether oxygens (including phenoxy) is 3. The molecular formula is C45H20BF28IO3. The Morgan fingerprint density at radius 2 is 0.628 bits per heavy atom. The van der Waals surface area contributed by atoms with E-state index in [0.717, 1.165) is 5.75 Å². The molecule has 0 aromatic heterocycles. The summed E-state index contributed by atoms with van der Waals surface area (Å²) >= 11 is -0.211. The van der Waals surface area contributed by atoms with Crippen molar-refractivity contribution in [3.63, 3.8) is 0 Å². The van der Waals surface area contributed by atoms with Crippen molar-refractivity contribution in [2.45, 2.75) is 24.7 Å². The quantitative estimate of drug-likeness (QED) is 0.0289. The first-order valence-corrected chi connectivity index (χ1v) is 22.5. The van der Waals surface area contributed by atoms with Gasteiger partial charge in [0.05, 0.1) is 42.1 Å². The zero-order valence-electron chi connectivity index (χ0n) is 37.3. The van der Waals surface area contributed by atoms with E-state index in [4.69, 9.17) is 14.2 Å². The number of rotatable bonds is 13. The molecule has 0 atom stereocenters. The first-order valence-electron chi connectivity index (χ1n) is 20.3. The molecule has 0 amide bonds. The van der Waals surface area contributed by atoms with Crippen LogP contribution in [-0.2, 0) is 34.2 Å². The van der Waals surface area contributed by atoms with E-state index in [1.54, 1.807) is 7.11 Å². The van der Waals surface area contributed by atoms with E-state index in [-0.39, 0.29) is 21.2 Å². The summed E-state index contributed by atoms with van der Waals surface area (Å²) in [5.41, 5.74) is -38.1. The highest BCUT2D eigenvalue weighted by atomic mass is 127. The van der Waals surface area contributed by atoms with Crippen LogP contribution in [0.3, 0.4) is 0 Å². The number of hydrogen-bond donors (Lipinski definition) is 0. The minimum absolute atomic E-state index is 0.211. The third-order valence-corrected chi connectivity index (χ3v) is 13.6. The average molecular weight is 1280 g/mol. The van der Waals surface area contributed by atoms with Gasteiger partial charge >= 0.3 is 45.9 Å². The van der Waals surface area contributed by atoms with Crippen LogP contribution in [0.15, 0.2) is 54.6 Å². The van der Waals surface area contributed by atoms with Gasteiger partial charge in [-0.3, -0.25) is 0 Å². The Morgan fingerprint density at radius 3 is 0.936 bits per heavy atom. The molecule has 0 spiro atoms. The largest absolute Gasteiger partial charge is 0.486 e. The van der Waals surface area contributed by atoms with E-state index >= 15 is 35.1 Å². The van der Waals surface area contributed by atoms with E-state index in [0.29, 0.717) is 26.4 Å². The van der Waals surface area contributed by atoms with E-state index in [1.807, 2.05) is 18.2 Å². The van der Waals surface area contributed by atoms with Crippen LogP contribution in [0.5, 0.6) is 5.75 Å². The smallest absolute Gasteiger partial charge is 0.416 e. The van der Waals surface area contributed by atoms with E-state index in [9.17, 15) is 87.8 Å². The van der Waals surface area contributed by atoms with Gasteiger partial charge in [-0.05, 0) is 24.3 Å². The number of hydrogen-bond acceptors (Lipinski definition) is 3. The minimum Gasteiger partial charge on any atom is -0.486 e. The summed E-state index contributed by atoms with van der Waals surface area (Å²) in [7, 11) is 1.67. The molecule has 424 valence electrons. The van der Waals surface area contributed by atoms with E-state index in [2.05, 4.69) is 36.4 Å². The Morgan fingerprint density at radius 1 is 0.346 bits per heavy atom. The van der Waals surface area contributed by atoms with Gasteiger partial charge in [0.2, 0.25) is 3.57 Å². The van der Waals surface area contributed by atoms with Gasteiger partial charge < -0.3 is 14.2 Å². The summed E-state index contributed by atoms with van der Waals surface area (Å²) in [5, 5.41) is 0. The fourth-order valence-electron chi connectivity index (χ4n) is 7.89. The summed E-state index contributed by atoms with van der Waals surface area (Å²) in [5.74, 6) is -68.8. The highest BCUT2D eigenvalue weighted by Crippen LogP contribution is 2.44. The van der Waals surface area contributed by atoms with Crippen molar-refractivity contribution in [2.75, 3.05) is 33.5 Å². The molecule has 3 nitrogen and oxygen atoms in total. The highest BCUT2D eigenvalue weighted by Gasteiger charge is 2.60. The van der Waals surface area contributed by atoms with Crippen molar-refractivity contribution >= 4 is 28.0 Å². The Balaban J connectivity index is 0.000000443. The summed E-state index contributed by atoms with van der Waals surface area (Å²) in [4.78, 5) is 0. The third-order valence-electron chi connectivity index (χ3n) is 10.8. The molecule has 0 aliphatic heterocycles. The van der Waals surface area contributed by atoms with Crippen molar-refractivity contribution in [3.05, 3.63) is 177 Å². The van der Waals surface area contributed by atoms with Gasteiger partial charge in [-0.1, -0.05) is 30.3 Å². The van der Waals surface area contributed by atoms with Gasteiger partial charge in [0.1, 0.15) is 36.0 Å². The Bertz CT molecular complexity index is 2900. The zero-order chi connectivity index (χ0) is 59.1. The molecule has 6 aromatic rings. The topological polar surface area (TPSA) is 27.7 Å². The Hall–Kier alpha value is -6.13. The van der Waals surface area contributed by atoms with Gasteiger partial charge in [-0.15, -0.1) is 21.9 Å². The fourth-order valence-corrected chi connectivity index (χ4v) is 10.3. The summed E-state index contributed by atoms with van der Waals surface area (Å²) in [6.45, 7) is 2.38. The monoisotopic (exact) mass is 1280 g/mol. The lowest BCUT2D eigenvalue weighted by molar-refractivity contribution is -0.598. The molecule has 0 heterocycles. The first-order chi connectivity index (χ1) is 35.9. The normalized spacial score (nSPS) is 12.5. The van der Waals surface area contributed by atoms with Gasteiger partial charge in [-0.25, -0.2) is 70.2 Å². The SMILES string of the molecule is COCCOCCOc1ccccc1[I+]c1ccccc1.Fc1c(F)c(F)c(C(F)(F)F)c([B-](c2c(F)c(F)c(F)c(F)c2C(F)(F)F)(c2c(F)c(F)c(F)c(F)c2C(F)(F)F)c2c(F)c(F)c(F)c(F)c2C(F)(F)F)c1F. The molecule has 0 N–H and O–H groups in total. The number of para-hydroxylation sites is 1. The fraction of sp³-hybridized carbons (Fsp3) is 0.200. The van der Waals surface area contributed by atoms with Crippen molar-refractivity contribution in [1.29, 1.82) is 0 Å². The standard InChI is InChI=1S/C28BF28.C17H20IO3/c30-9-1(25(46,47)48)5(13(34)21(42)17(9)38)29(6-2(26(49,50)51)10(31)18(39)22(43)14(6)35,7-3(27(52,53)54)11(32)19(40)23(44)15(7)36)8-4(28(55,56)57)12(33)20(41)24(45)16(8)37;1-19-11-12-20-13-14-21-17-10-6-5-9-16(17)18-15-7-3-2-4-8-15/h;2-10H,11-14H2,1H3/q-1;+1. The Labute approximate surface area is 426 Å². The lowest BCUT2D eigenvalue weighted by atomic mass is 9.11. The molecule has 6 aromatic carbocycles. The second kappa shape index (κ2) is 23.3. The van der Waals surface area contributed by atoms with Crippen LogP contribution in [0.1, 0.15) is 22.3 Å². The second-order valence-electron chi connectivity index (χ2n) is 15.3. The number of alkyl halides is 12. The molecule has 78 heavy (non-hydrogen) atoms. The maximum atomic E-state index is 16.0. The number of halogens is 29. The average Bonchev–Trinajstić information content (AvgIpc) is 3.55. The lowest BCUT2D eigenvalue weighted by Gasteiger charge is -2.49.